The molecule has 2 aromatic carbocycles. The van der Waals surface area contributed by atoms with Crippen LogP contribution in [0.25, 0.3) is 11.3 Å². The van der Waals surface area contributed by atoms with E-state index in [4.69, 9.17) is 21.1 Å². The maximum atomic E-state index is 12.3. The van der Waals surface area contributed by atoms with Gasteiger partial charge in [-0.1, -0.05) is 42.5 Å². The Labute approximate surface area is 194 Å². The van der Waals surface area contributed by atoms with E-state index in [0.717, 1.165) is 16.8 Å². The number of amides is 1. The standard InChI is InChI=1S/C25H28ClN3O3/c1-25(2,3)32-24(30)29(4)16-14-22(18-9-6-5-7-10-18)31-20-12-8-11-19(17-20)21-13-15-27-23(26)28-21/h5-13,15,17,22H,14,16H2,1-4H3/t22-/m0/s1. The Balaban J connectivity index is 1.76. The van der Waals surface area contributed by atoms with Crippen molar-refractivity contribution in [2.24, 2.45) is 0 Å². The van der Waals surface area contributed by atoms with Crippen LogP contribution in [-0.2, 0) is 4.74 Å². The van der Waals surface area contributed by atoms with Crippen molar-refractivity contribution in [2.75, 3.05) is 13.6 Å². The van der Waals surface area contributed by atoms with Gasteiger partial charge in [-0.25, -0.2) is 14.8 Å². The average Bonchev–Trinajstić information content (AvgIpc) is 2.76. The lowest BCUT2D eigenvalue weighted by atomic mass is 10.1. The Bertz CT molecular complexity index is 1040. The molecule has 0 fully saturated rings. The van der Waals surface area contributed by atoms with Crippen molar-refractivity contribution in [1.29, 1.82) is 0 Å². The molecular weight excluding hydrogens is 426 g/mol. The van der Waals surface area contributed by atoms with Crippen molar-refractivity contribution in [2.45, 2.75) is 38.9 Å². The molecule has 0 spiro atoms. The highest BCUT2D eigenvalue weighted by molar-refractivity contribution is 6.28. The highest BCUT2D eigenvalue weighted by Gasteiger charge is 2.21. The summed E-state index contributed by atoms with van der Waals surface area (Å²) in [6.45, 7) is 6.04. The Hall–Kier alpha value is -3.12. The average molecular weight is 454 g/mol. The summed E-state index contributed by atoms with van der Waals surface area (Å²) in [6.07, 6.45) is 1.62. The number of benzene rings is 2. The second-order valence-corrected chi connectivity index (χ2v) is 8.78. The maximum Gasteiger partial charge on any atom is 0.410 e. The largest absolute Gasteiger partial charge is 0.486 e. The molecule has 0 aliphatic carbocycles. The minimum absolute atomic E-state index is 0.196. The van der Waals surface area contributed by atoms with E-state index in [1.165, 1.54) is 0 Å². The number of carbonyl (C=O) groups excluding carboxylic acids is 1. The van der Waals surface area contributed by atoms with Gasteiger partial charge < -0.3 is 14.4 Å². The first-order chi connectivity index (χ1) is 15.2. The zero-order chi connectivity index (χ0) is 23.1. The normalized spacial score (nSPS) is 12.2. The van der Waals surface area contributed by atoms with Crippen molar-refractivity contribution >= 4 is 17.7 Å². The predicted octanol–water partition coefficient (Wildman–Crippen LogP) is 6.17. The first kappa shape index (κ1) is 23.5. The summed E-state index contributed by atoms with van der Waals surface area (Å²) in [7, 11) is 1.73. The van der Waals surface area contributed by atoms with E-state index in [0.29, 0.717) is 18.7 Å². The van der Waals surface area contributed by atoms with Gasteiger partial charge >= 0.3 is 6.09 Å². The van der Waals surface area contributed by atoms with E-state index in [1.807, 2.05) is 75.4 Å². The summed E-state index contributed by atoms with van der Waals surface area (Å²) < 4.78 is 11.8. The number of carbonyl (C=O) groups is 1. The van der Waals surface area contributed by atoms with Crippen LogP contribution in [0.1, 0.15) is 38.9 Å². The highest BCUT2D eigenvalue weighted by atomic mass is 35.5. The molecule has 1 aromatic heterocycles. The molecule has 1 amide bonds. The van der Waals surface area contributed by atoms with Gasteiger partial charge in [0.15, 0.2) is 0 Å². The molecule has 0 saturated heterocycles. The van der Waals surface area contributed by atoms with E-state index >= 15 is 0 Å². The molecule has 3 aromatic rings. The lowest BCUT2D eigenvalue weighted by Crippen LogP contribution is -2.35. The van der Waals surface area contributed by atoms with E-state index in [1.54, 1.807) is 24.2 Å². The van der Waals surface area contributed by atoms with Crippen molar-refractivity contribution in [3.63, 3.8) is 0 Å². The van der Waals surface area contributed by atoms with Crippen molar-refractivity contribution < 1.29 is 14.3 Å². The minimum Gasteiger partial charge on any atom is -0.486 e. The van der Waals surface area contributed by atoms with Crippen LogP contribution in [0.15, 0.2) is 66.9 Å². The Morgan fingerprint density at radius 3 is 2.53 bits per heavy atom. The number of nitrogens with zero attached hydrogens (tertiary/aromatic N) is 3. The molecule has 0 saturated carbocycles. The zero-order valence-electron chi connectivity index (χ0n) is 18.8. The van der Waals surface area contributed by atoms with Crippen LogP contribution in [-0.4, -0.2) is 40.2 Å². The van der Waals surface area contributed by atoms with E-state index in [9.17, 15) is 4.79 Å². The van der Waals surface area contributed by atoms with Gasteiger partial charge in [-0.05, 0) is 56.1 Å². The summed E-state index contributed by atoms with van der Waals surface area (Å²) in [5.41, 5.74) is 2.09. The van der Waals surface area contributed by atoms with Gasteiger partial charge in [0.25, 0.3) is 0 Å². The molecule has 32 heavy (non-hydrogen) atoms. The molecule has 0 radical (unpaired) electrons. The van der Waals surface area contributed by atoms with Crippen LogP contribution in [0.4, 0.5) is 4.79 Å². The summed E-state index contributed by atoms with van der Waals surface area (Å²) in [6, 6.07) is 19.4. The van der Waals surface area contributed by atoms with Gasteiger partial charge in [0.1, 0.15) is 17.5 Å². The van der Waals surface area contributed by atoms with Crippen LogP contribution >= 0.6 is 11.6 Å². The Morgan fingerprint density at radius 2 is 1.84 bits per heavy atom. The van der Waals surface area contributed by atoms with Gasteiger partial charge in [-0.3, -0.25) is 0 Å². The lowest BCUT2D eigenvalue weighted by Gasteiger charge is -2.26. The summed E-state index contributed by atoms with van der Waals surface area (Å²) >= 11 is 5.94. The molecule has 3 rings (SSSR count). The number of halogens is 1. The van der Waals surface area contributed by atoms with Gasteiger partial charge in [-0.2, -0.15) is 0 Å². The molecule has 168 valence electrons. The lowest BCUT2D eigenvalue weighted by molar-refractivity contribution is 0.0278. The second kappa shape index (κ2) is 10.5. The molecule has 0 unspecified atom stereocenters. The molecular formula is C25H28ClN3O3. The number of hydrogen-bond donors (Lipinski definition) is 0. The maximum absolute atomic E-state index is 12.3. The topological polar surface area (TPSA) is 64.5 Å². The van der Waals surface area contributed by atoms with Crippen LogP contribution in [0.3, 0.4) is 0 Å². The monoisotopic (exact) mass is 453 g/mol. The Kier molecular flexibility index (Phi) is 7.70. The first-order valence-corrected chi connectivity index (χ1v) is 10.8. The molecule has 1 heterocycles. The number of aromatic nitrogens is 2. The predicted molar refractivity (Wildman–Crippen MR) is 126 cm³/mol. The summed E-state index contributed by atoms with van der Waals surface area (Å²) in [4.78, 5) is 22.1. The third-order valence-electron chi connectivity index (χ3n) is 4.64. The molecule has 0 bridgehead atoms. The second-order valence-electron chi connectivity index (χ2n) is 8.45. The van der Waals surface area contributed by atoms with E-state index < -0.39 is 5.60 Å². The fraction of sp³-hybridized carbons (Fsp3) is 0.320. The smallest absolute Gasteiger partial charge is 0.410 e. The van der Waals surface area contributed by atoms with Crippen LogP contribution in [0.5, 0.6) is 5.75 Å². The quantitative estimate of drug-likeness (QED) is 0.400. The fourth-order valence-electron chi connectivity index (χ4n) is 3.09. The van der Waals surface area contributed by atoms with E-state index in [-0.39, 0.29) is 17.5 Å². The van der Waals surface area contributed by atoms with Gasteiger partial charge in [0, 0.05) is 31.8 Å². The molecule has 6 nitrogen and oxygen atoms in total. The number of ether oxygens (including phenoxy) is 2. The molecule has 7 heteroatoms. The van der Waals surface area contributed by atoms with Crippen molar-refractivity contribution in [3.05, 3.63) is 77.7 Å². The van der Waals surface area contributed by atoms with Crippen LogP contribution < -0.4 is 4.74 Å². The van der Waals surface area contributed by atoms with Crippen molar-refractivity contribution in [3.8, 4) is 17.0 Å². The molecule has 1 atom stereocenters. The Morgan fingerprint density at radius 1 is 1.09 bits per heavy atom. The summed E-state index contributed by atoms with van der Waals surface area (Å²) in [5, 5.41) is 0.196. The van der Waals surface area contributed by atoms with Gasteiger partial charge in [0.2, 0.25) is 5.28 Å². The minimum atomic E-state index is -0.537. The van der Waals surface area contributed by atoms with Crippen molar-refractivity contribution in [1.82, 2.24) is 14.9 Å². The molecule has 0 aliphatic rings. The third kappa shape index (κ3) is 6.95. The number of hydrogen-bond acceptors (Lipinski definition) is 5. The molecule has 0 aliphatic heterocycles. The van der Waals surface area contributed by atoms with E-state index in [2.05, 4.69) is 9.97 Å². The van der Waals surface area contributed by atoms with Gasteiger partial charge in [-0.15, -0.1) is 0 Å². The molecule has 0 N–H and O–H groups in total. The fourth-order valence-corrected chi connectivity index (χ4v) is 3.24. The first-order valence-electron chi connectivity index (χ1n) is 10.5. The summed E-state index contributed by atoms with van der Waals surface area (Å²) in [5.74, 6) is 0.700. The number of rotatable bonds is 7. The van der Waals surface area contributed by atoms with Crippen LogP contribution in [0, 0.1) is 0 Å². The SMILES string of the molecule is CN(CC[C@H](Oc1cccc(-c2ccnc(Cl)n2)c1)c1ccccc1)C(=O)OC(C)(C)C. The highest BCUT2D eigenvalue weighted by Crippen LogP contribution is 2.29. The zero-order valence-corrected chi connectivity index (χ0v) is 19.5. The third-order valence-corrected chi connectivity index (χ3v) is 4.82. The van der Waals surface area contributed by atoms with Crippen LogP contribution in [0.2, 0.25) is 5.28 Å². The van der Waals surface area contributed by atoms with Gasteiger partial charge in [0.05, 0.1) is 5.69 Å².